The molecule has 0 bridgehead atoms. The van der Waals surface area contributed by atoms with Gasteiger partial charge in [-0.2, -0.15) is 5.10 Å². The molecule has 1 heterocycles. The lowest BCUT2D eigenvalue weighted by Crippen LogP contribution is -2.25. The topological polar surface area (TPSA) is 81.1 Å². The summed E-state index contributed by atoms with van der Waals surface area (Å²) in [5, 5.41) is 7.33. The highest BCUT2D eigenvalue weighted by Crippen LogP contribution is 1.99. The molecule has 0 spiro atoms. The van der Waals surface area contributed by atoms with Crippen molar-refractivity contribution in [3.63, 3.8) is 0 Å². The molecule has 0 radical (unpaired) electrons. The van der Waals surface area contributed by atoms with Gasteiger partial charge in [0, 0.05) is 25.2 Å². The first-order valence-corrected chi connectivity index (χ1v) is 5.74. The number of nitrogens with one attached hydrogen (secondary N) is 1. The smallest absolute Gasteiger partial charge is 0.138 e. The average molecular weight is 236 g/mol. The Morgan fingerprint density at radius 2 is 2.35 bits per heavy atom. The van der Waals surface area contributed by atoms with Crippen LogP contribution < -0.4 is 11.1 Å². The molecule has 0 atom stereocenters. The van der Waals surface area contributed by atoms with E-state index in [1.165, 1.54) is 12.5 Å². The predicted octanol–water partition coefficient (Wildman–Crippen LogP) is 0.733. The normalized spacial score (nSPS) is 13.4. The lowest BCUT2D eigenvalue weighted by molar-refractivity contribution is 0.618. The quantitative estimate of drug-likeness (QED) is 0.583. The lowest BCUT2D eigenvalue weighted by Gasteiger charge is -2.09. The molecule has 94 valence electrons. The van der Waals surface area contributed by atoms with Crippen molar-refractivity contribution in [2.45, 2.75) is 33.2 Å². The van der Waals surface area contributed by atoms with E-state index in [9.17, 15) is 0 Å². The van der Waals surface area contributed by atoms with Crippen LogP contribution in [0.2, 0.25) is 0 Å². The molecule has 0 aromatic carbocycles. The first-order chi connectivity index (χ1) is 8.17. The molecule has 6 nitrogen and oxygen atoms in total. The Morgan fingerprint density at radius 3 is 2.82 bits per heavy atom. The summed E-state index contributed by atoms with van der Waals surface area (Å²) in [6.07, 6.45) is 5.40. The fourth-order valence-corrected chi connectivity index (χ4v) is 1.24. The Labute approximate surface area is 102 Å². The standard InChI is InChI=1S/C11H20N6/c1-4-11(17-8-13-7-15-17)16-10(5-12)6-14-9(2)3/h5,7-9,14H,4,6,12H2,1-3H3/b10-5-,16-11?. The highest BCUT2D eigenvalue weighted by atomic mass is 15.3. The summed E-state index contributed by atoms with van der Waals surface area (Å²) in [5.41, 5.74) is 6.36. The van der Waals surface area contributed by atoms with Gasteiger partial charge in [-0.3, -0.25) is 0 Å². The number of hydrogen-bond acceptors (Lipinski definition) is 5. The van der Waals surface area contributed by atoms with Crippen LogP contribution >= 0.6 is 0 Å². The highest BCUT2D eigenvalue weighted by molar-refractivity contribution is 5.84. The summed E-state index contributed by atoms with van der Waals surface area (Å²) in [4.78, 5) is 8.38. The van der Waals surface area contributed by atoms with E-state index in [-0.39, 0.29) is 0 Å². The van der Waals surface area contributed by atoms with Gasteiger partial charge in [-0.05, 0) is 0 Å². The zero-order valence-corrected chi connectivity index (χ0v) is 10.6. The second kappa shape index (κ2) is 6.80. The van der Waals surface area contributed by atoms with E-state index in [1.807, 2.05) is 6.92 Å². The third kappa shape index (κ3) is 4.36. The number of hydrogen-bond donors (Lipinski definition) is 2. The minimum absolute atomic E-state index is 0.400. The minimum Gasteiger partial charge on any atom is -0.403 e. The number of nitrogens with two attached hydrogens (primary N) is 1. The average Bonchev–Trinajstić information content (AvgIpc) is 2.83. The molecule has 3 N–H and O–H groups in total. The molecule has 0 unspecified atom stereocenters. The zero-order chi connectivity index (χ0) is 12.7. The molecule has 0 aliphatic carbocycles. The maximum atomic E-state index is 5.56. The third-order valence-electron chi connectivity index (χ3n) is 2.16. The molecule has 0 saturated heterocycles. The molecule has 1 aromatic heterocycles. The Balaban J connectivity index is 2.75. The third-order valence-corrected chi connectivity index (χ3v) is 2.16. The monoisotopic (exact) mass is 236 g/mol. The molecule has 0 aliphatic rings. The van der Waals surface area contributed by atoms with Crippen LogP contribution in [0.3, 0.4) is 0 Å². The molecule has 0 amide bonds. The Hall–Kier alpha value is -1.69. The number of aliphatic imine (C=N–C) groups is 1. The van der Waals surface area contributed by atoms with E-state index < -0.39 is 0 Å². The van der Waals surface area contributed by atoms with E-state index in [0.717, 1.165) is 18.0 Å². The fraction of sp³-hybridized carbons (Fsp3) is 0.545. The van der Waals surface area contributed by atoms with Gasteiger partial charge in [0.1, 0.15) is 18.5 Å². The van der Waals surface area contributed by atoms with Crippen LogP contribution in [0.5, 0.6) is 0 Å². The van der Waals surface area contributed by atoms with Crippen molar-refractivity contribution in [1.29, 1.82) is 0 Å². The van der Waals surface area contributed by atoms with Crippen molar-refractivity contribution < 1.29 is 0 Å². The summed E-state index contributed by atoms with van der Waals surface area (Å²) < 4.78 is 1.65. The van der Waals surface area contributed by atoms with E-state index in [2.05, 4.69) is 34.2 Å². The van der Waals surface area contributed by atoms with E-state index in [1.54, 1.807) is 11.0 Å². The predicted molar refractivity (Wildman–Crippen MR) is 68.6 cm³/mol. The summed E-state index contributed by atoms with van der Waals surface area (Å²) in [6, 6.07) is 0.400. The zero-order valence-electron chi connectivity index (χ0n) is 10.6. The Kier molecular flexibility index (Phi) is 5.35. The number of rotatable bonds is 5. The van der Waals surface area contributed by atoms with Crippen LogP contribution in [0, 0.1) is 0 Å². The van der Waals surface area contributed by atoms with Crippen LogP contribution in [0.15, 0.2) is 29.5 Å². The number of nitrogens with zero attached hydrogens (tertiary/aromatic N) is 4. The molecule has 0 aliphatic heterocycles. The SMILES string of the molecule is CCC(=N/C(=C\N)CNC(C)C)n1cncn1. The van der Waals surface area contributed by atoms with Gasteiger partial charge in [0.15, 0.2) is 0 Å². The Bertz CT molecular complexity index is 377. The van der Waals surface area contributed by atoms with Crippen molar-refractivity contribution in [3.8, 4) is 0 Å². The van der Waals surface area contributed by atoms with Crippen molar-refractivity contribution in [3.05, 3.63) is 24.6 Å². The van der Waals surface area contributed by atoms with Crippen LogP contribution in [-0.2, 0) is 0 Å². The molecular formula is C11H20N6. The van der Waals surface area contributed by atoms with Gasteiger partial charge in [0.25, 0.3) is 0 Å². The molecular weight excluding hydrogens is 216 g/mol. The molecule has 6 heteroatoms. The fourth-order valence-electron chi connectivity index (χ4n) is 1.24. The number of aromatic nitrogens is 3. The van der Waals surface area contributed by atoms with Gasteiger partial charge >= 0.3 is 0 Å². The molecule has 0 saturated carbocycles. The van der Waals surface area contributed by atoms with Crippen LogP contribution in [0.1, 0.15) is 27.2 Å². The van der Waals surface area contributed by atoms with Gasteiger partial charge in [-0.25, -0.2) is 14.7 Å². The van der Waals surface area contributed by atoms with Crippen LogP contribution in [0.25, 0.3) is 0 Å². The maximum absolute atomic E-state index is 5.56. The van der Waals surface area contributed by atoms with Gasteiger partial charge < -0.3 is 11.1 Å². The summed E-state index contributed by atoms with van der Waals surface area (Å²) in [5.74, 6) is 0.824. The van der Waals surface area contributed by atoms with Crippen molar-refractivity contribution in [2.24, 2.45) is 10.7 Å². The second-order valence-electron chi connectivity index (χ2n) is 3.92. The highest BCUT2D eigenvalue weighted by Gasteiger charge is 2.03. The maximum Gasteiger partial charge on any atom is 0.138 e. The molecule has 1 rings (SSSR count). The van der Waals surface area contributed by atoms with Crippen LogP contribution in [0.4, 0.5) is 0 Å². The molecule has 1 aromatic rings. The van der Waals surface area contributed by atoms with Crippen molar-refractivity contribution >= 4 is 5.84 Å². The van der Waals surface area contributed by atoms with E-state index in [0.29, 0.717) is 12.6 Å². The van der Waals surface area contributed by atoms with E-state index in [4.69, 9.17) is 5.73 Å². The first-order valence-electron chi connectivity index (χ1n) is 5.74. The molecule has 17 heavy (non-hydrogen) atoms. The van der Waals surface area contributed by atoms with Gasteiger partial charge in [0.2, 0.25) is 0 Å². The van der Waals surface area contributed by atoms with Crippen LogP contribution in [-0.4, -0.2) is 33.2 Å². The second-order valence-corrected chi connectivity index (χ2v) is 3.92. The van der Waals surface area contributed by atoms with Gasteiger partial charge in [-0.15, -0.1) is 0 Å². The van der Waals surface area contributed by atoms with Crippen molar-refractivity contribution in [2.75, 3.05) is 6.54 Å². The minimum atomic E-state index is 0.400. The van der Waals surface area contributed by atoms with E-state index >= 15 is 0 Å². The van der Waals surface area contributed by atoms with Gasteiger partial charge in [-0.1, -0.05) is 20.8 Å². The van der Waals surface area contributed by atoms with Crippen molar-refractivity contribution in [1.82, 2.24) is 20.1 Å². The Morgan fingerprint density at radius 1 is 1.59 bits per heavy atom. The largest absolute Gasteiger partial charge is 0.403 e. The summed E-state index contributed by atoms with van der Waals surface area (Å²) in [6.45, 7) is 6.82. The summed E-state index contributed by atoms with van der Waals surface area (Å²) in [7, 11) is 0. The first kappa shape index (κ1) is 13.4. The lowest BCUT2D eigenvalue weighted by atomic mass is 10.3. The van der Waals surface area contributed by atoms with Gasteiger partial charge in [0.05, 0.1) is 5.70 Å². The summed E-state index contributed by atoms with van der Waals surface area (Å²) >= 11 is 0. The molecule has 0 fully saturated rings.